The van der Waals surface area contributed by atoms with Crippen LogP contribution in [0.15, 0.2) is 72.9 Å². The van der Waals surface area contributed by atoms with Crippen molar-refractivity contribution in [3.8, 4) is 17.4 Å². The van der Waals surface area contributed by atoms with Crippen LogP contribution in [0.3, 0.4) is 0 Å². The van der Waals surface area contributed by atoms with Gasteiger partial charge in [-0.2, -0.15) is 0 Å². The molecule has 162 valence electrons. The standard InChI is InChI=1S/C25H23N3O4/c1-31-20-11-13-21(14-12-20)32-25-22(4-2-16-26-25)27-23(29)15-8-18-6-9-19(10-7-18)28-17-3-5-24(28)30/h2,4,6-16H,3,5,17H2,1H3,(H,27,29)/b15-8+. The Morgan fingerprint density at radius 1 is 1.06 bits per heavy atom. The fourth-order valence-corrected chi connectivity index (χ4v) is 3.36. The number of rotatable bonds is 7. The predicted octanol–water partition coefficient (Wildman–Crippen LogP) is 4.66. The van der Waals surface area contributed by atoms with Crippen molar-refractivity contribution in [3.63, 3.8) is 0 Å². The SMILES string of the molecule is COc1ccc(Oc2ncccc2NC(=O)/C=C/c2ccc(N3CCCC3=O)cc2)cc1. The first-order valence-corrected chi connectivity index (χ1v) is 10.3. The highest BCUT2D eigenvalue weighted by molar-refractivity contribution is 6.02. The Hall–Kier alpha value is -4.13. The number of anilines is 2. The van der Waals surface area contributed by atoms with E-state index in [0.717, 1.165) is 30.0 Å². The molecule has 0 atom stereocenters. The molecule has 7 nitrogen and oxygen atoms in total. The van der Waals surface area contributed by atoms with Crippen molar-refractivity contribution in [1.82, 2.24) is 4.98 Å². The van der Waals surface area contributed by atoms with Gasteiger partial charge in [-0.1, -0.05) is 12.1 Å². The molecular formula is C25H23N3O4. The molecule has 1 N–H and O–H groups in total. The Bertz CT molecular complexity index is 1120. The minimum absolute atomic E-state index is 0.150. The predicted molar refractivity (Wildman–Crippen MR) is 123 cm³/mol. The number of carbonyl (C=O) groups excluding carboxylic acids is 2. The summed E-state index contributed by atoms with van der Waals surface area (Å²) in [6.45, 7) is 0.752. The Morgan fingerprint density at radius 2 is 1.81 bits per heavy atom. The van der Waals surface area contributed by atoms with Gasteiger partial charge in [0, 0.05) is 30.9 Å². The third-order valence-electron chi connectivity index (χ3n) is 5.01. The average molecular weight is 429 g/mol. The van der Waals surface area contributed by atoms with Gasteiger partial charge in [-0.25, -0.2) is 4.98 Å². The highest BCUT2D eigenvalue weighted by Gasteiger charge is 2.21. The second-order valence-corrected chi connectivity index (χ2v) is 7.20. The number of ether oxygens (including phenoxy) is 2. The third kappa shape index (κ3) is 5.13. The smallest absolute Gasteiger partial charge is 0.248 e. The van der Waals surface area contributed by atoms with Gasteiger partial charge < -0.3 is 19.7 Å². The van der Waals surface area contributed by atoms with Crippen molar-refractivity contribution in [3.05, 3.63) is 78.5 Å². The highest BCUT2D eigenvalue weighted by atomic mass is 16.5. The Kier molecular flexibility index (Phi) is 6.46. The lowest BCUT2D eigenvalue weighted by molar-refractivity contribution is -0.117. The van der Waals surface area contributed by atoms with Crippen LogP contribution in [0.4, 0.5) is 11.4 Å². The van der Waals surface area contributed by atoms with Crippen molar-refractivity contribution in [2.24, 2.45) is 0 Å². The summed E-state index contributed by atoms with van der Waals surface area (Å²) < 4.78 is 10.9. The molecule has 2 aromatic carbocycles. The molecular weight excluding hydrogens is 406 g/mol. The molecule has 2 amide bonds. The van der Waals surface area contributed by atoms with E-state index in [4.69, 9.17) is 9.47 Å². The maximum Gasteiger partial charge on any atom is 0.248 e. The van der Waals surface area contributed by atoms with Crippen LogP contribution in [0, 0.1) is 0 Å². The average Bonchev–Trinajstić information content (AvgIpc) is 3.25. The van der Waals surface area contributed by atoms with Gasteiger partial charge in [0.15, 0.2) is 0 Å². The number of nitrogens with zero attached hydrogens (tertiary/aromatic N) is 2. The second-order valence-electron chi connectivity index (χ2n) is 7.20. The molecule has 1 aromatic heterocycles. The van der Waals surface area contributed by atoms with Gasteiger partial charge in [-0.15, -0.1) is 0 Å². The fraction of sp³-hybridized carbons (Fsp3) is 0.160. The maximum absolute atomic E-state index is 12.4. The lowest BCUT2D eigenvalue weighted by Crippen LogP contribution is -2.23. The number of pyridine rings is 1. The van der Waals surface area contributed by atoms with E-state index < -0.39 is 0 Å². The number of benzene rings is 2. The molecule has 32 heavy (non-hydrogen) atoms. The zero-order chi connectivity index (χ0) is 22.3. The van der Waals surface area contributed by atoms with Crippen molar-refractivity contribution in [1.29, 1.82) is 0 Å². The summed E-state index contributed by atoms with van der Waals surface area (Å²) in [7, 11) is 1.60. The third-order valence-corrected chi connectivity index (χ3v) is 5.01. The number of nitrogens with one attached hydrogen (secondary N) is 1. The zero-order valence-corrected chi connectivity index (χ0v) is 17.7. The van der Waals surface area contributed by atoms with Gasteiger partial charge in [-0.3, -0.25) is 9.59 Å². The lowest BCUT2D eigenvalue weighted by atomic mass is 10.2. The number of hydrogen-bond acceptors (Lipinski definition) is 5. The number of amides is 2. The van der Waals surface area contributed by atoms with Gasteiger partial charge in [0.05, 0.1) is 7.11 Å². The fourth-order valence-electron chi connectivity index (χ4n) is 3.36. The molecule has 0 saturated carbocycles. The van der Waals surface area contributed by atoms with Crippen LogP contribution in [0.2, 0.25) is 0 Å². The van der Waals surface area contributed by atoms with E-state index in [0.29, 0.717) is 23.7 Å². The second kappa shape index (κ2) is 9.78. The van der Waals surface area contributed by atoms with Gasteiger partial charge >= 0.3 is 0 Å². The van der Waals surface area contributed by atoms with Gasteiger partial charge in [0.1, 0.15) is 17.2 Å². The molecule has 4 rings (SSSR count). The van der Waals surface area contributed by atoms with Crippen molar-refractivity contribution >= 4 is 29.3 Å². The van der Waals surface area contributed by atoms with Crippen LogP contribution in [0.5, 0.6) is 17.4 Å². The minimum atomic E-state index is -0.309. The number of methoxy groups -OCH3 is 1. The molecule has 2 heterocycles. The van der Waals surface area contributed by atoms with Crippen molar-refractivity contribution < 1.29 is 19.1 Å². The first-order chi connectivity index (χ1) is 15.6. The van der Waals surface area contributed by atoms with Crippen LogP contribution in [-0.2, 0) is 9.59 Å². The van der Waals surface area contributed by atoms with E-state index in [1.807, 2.05) is 24.3 Å². The highest BCUT2D eigenvalue weighted by Crippen LogP contribution is 2.28. The summed E-state index contributed by atoms with van der Waals surface area (Å²) in [5.41, 5.74) is 2.20. The van der Waals surface area contributed by atoms with Gasteiger partial charge in [0.2, 0.25) is 17.7 Å². The summed E-state index contributed by atoms with van der Waals surface area (Å²) in [6.07, 6.45) is 6.24. The summed E-state index contributed by atoms with van der Waals surface area (Å²) in [5.74, 6) is 1.43. The maximum atomic E-state index is 12.4. The Morgan fingerprint density at radius 3 is 2.50 bits per heavy atom. The van der Waals surface area contributed by atoms with E-state index in [2.05, 4.69) is 10.3 Å². The van der Waals surface area contributed by atoms with Crippen molar-refractivity contribution in [2.45, 2.75) is 12.8 Å². The molecule has 3 aromatic rings. The van der Waals surface area contributed by atoms with E-state index in [1.54, 1.807) is 60.7 Å². The molecule has 7 heteroatoms. The van der Waals surface area contributed by atoms with Gasteiger partial charge in [0.25, 0.3) is 0 Å². The summed E-state index contributed by atoms with van der Waals surface area (Å²) in [6, 6.07) is 18.1. The van der Waals surface area contributed by atoms with Crippen LogP contribution >= 0.6 is 0 Å². The van der Waals surface area contributed by atoms with Crippen LogP contribution in [0.1, 0.15) is 18.4 Å². The number of hydrogen-bond donors (Lipinski definition) is 1. The first kappa shape index (κ1) is 21.1. The van der Waals surface area contributed by atoms with Crippen LogP contribution < -0.4 is 19.7 Å². The van der Waals surface area contributed by atoms with E-state index in [1.165, 1.54) is 6.08 Å². The normalized spacial score (nSPS) is 13.4. The molecule has 0 bridgehead atoms. The number of aromatic nitrogens is 1. The Labute approximate surface area is 186 Å². The topological polar surface area (TPSA) is 80.8 Å². The van der Waals surface area contributed by atoms with Gasteiger partial charge in [-0.05, 0) is 66.6 Å². The van der Waals surface area contributed by atoms with Crippen molar-refractivity contribution in [2.75, 3.05) is 23.9 Å². The van der Waals surface area contributed by atoms with E-state index in [9.17, 15) is 9.59 Å². The molecule has 0 radical (unpaired) electrons. The zero-order valence-electron chi connectivity index (χ0n) is 17.7. The van der Waals surface area contributed by atoms with Crippen LogP contribution in [0.25, 0.3) is 6.08 Å². The summed E-state index contributed by atoms with van der Waals surface area (Å²) >= 11 is 0. The molecule has 1 fully saturated rings. The molecule has 1 saturated heterocycles. The quantitative estimate of drug-likeness (QED) is 0.553. The molecule has 0 aliphatic carbocycles. The van der Waals surface area contributed by atoms with E-state index in [-0.39, 0.29) is 11.8 Å². The van der Waals surface area contributed by atoms with Crippen LogP contribution in [-0.4, -0.2) is 30.5 Å². The minimum Gasteiger partial charge on any atom is -0.497 e. The molecule has 1 aliphatic rings. The summed E-state index contributed by atoms with van der Waals surface area (Å²) in [5, 5.41) is 2.79. The Balaban J connectivity index is 1.39. The first-order valence-electron chi connectivity index (χ1n) is 10.3. The number of carbonyl (C=O) groups is 2. The monoisotopic (exact) mass is 429 g/mol. The summed E-state index contributed by atoms with van der Waals surface area (Å²) in [4.78, 5) is 30.3. The lowest BCUT2D eigenvalue weighted by Gasteiger charge is -2.15. The van der Waals surface area contributed by atoms with E-state index >= 15 is 0 Å². The molecule has 1 aliphatic heterocycles. The molecule has 0 unspecified atom stereocenters. The largest absolute Gasteiger partial charge is 0.497 e. The molecule has 0 spiro atoms.